The first kappa shape index (κ1) is 13.6. The van der Waals surface area contributed by atoms with E-state index in [0.717, 1.165) is 12.1 Å². The van der Waals surface area contributed by atoms with Crippen LogP contribution in [0.15, 0.2) is 12.4 Å². The van der Waals surface area contributed by atoms with Crippen LogP contribution in [0.3, 0.4) is 0 Å². The summed E-state index contributed by atoms with van der Waals surface area (Å²) in [6, 6.07) is 0. The summed E-state index contributed by atoms with van der Waals surface area (Å²) in [6.45, 7) is 9.80. The van der Waals surface area contributed by atoms with Crippen LogP contribution in [0.25, 0.3) is 0 Å². The minimum absolute atomic E-state index is 0.0393. The SMILES string of the molecule is CCC(C)c1nccnc1NC(=O)C(C)(C)C. The fourth-order valence-corrected chi connectivity index (χ4v) is 1.29. The molecule has 1 heterocycles. The van der Waals surface area contributed by atoms with Gasteiger partial charge in [-0.05, 0) is 6.42 Å². The lowest BCUT2D eigenvalue weighted by Gasteiger charge is -2.19. The van der Waals surface area contributed by atoms with Crippen molar-refractivity contribution in [3.05, 3.63) is 18.1 Å². The third kappa shape index (κ3) is 3.51. The molecule has 0 radical (unpaired) electrons. The van der Waals surface area contributed by atoms with Crippen LogP contribution in [0.5, 0.6) is 0 Å². The first-order valence-corrected chi connectivity index (χ1v) is 5.98. The van der Waals surface area contributed by atoms with Gasteiger partial charge >= 0.3 is 0 Å². The highest BCUT2D eigenvalue weighted by Gasteiger charge is 2.23. The first-order chi connectivity index (χ1) is 7.86. The quantitative estimate of drug-likeness (QED) is 0.876. The number of aromatic nitrogens is 2. The van der Waals surface area contributed by atoms with E-state index in [1.54, 1.807) is 12.4 Å². The van der Waals surface area contributed by atoms with Gasteiger partial charge in [-0.15, -0.1) is 0 Å². The van der Waals surface area contributed by atoms with E-state index in [-0.39, 0.29) is 5.91 Å². The number of carbonyl (C=O) groups is 1. The standard InChI is InChI=1S/C13H21N3O/c1-6-9(2)10-11(15-8-7-14-10)16-12(17)13(3,4)5/h7-9H,6H2,1-5H3,(H,15,16,17). The topological polar surface area (TPSA) is 54.9 Å². The molecule has 0 aliphatic heterocycles. The van der Waals surface area contributed by atoms with Crippen molar-refractivity contribution in [2.45, 2.75) is 47.0 Å². The average Bonchev–Trinajstić information content (AvgIpc) is 2.27. The highest BCUT2D eigenvalue weighted by Crippen LogP contribution is 2.24. The Kier molecular flexibility index (Phi) is 4.21. The molecule has 1 unspecified atom stereocenters. The second-order valence-corrected chi connectivity index (χ2v) is 5.30. The second-order valence-electron chi connectivity index (χ2n) is 5.30. The summed E-state index contributed by atoms with van der Waals surface area (Å²) in [5.41, 5.74) is 0.428. The van der Waals surface area contributed by atoms with Crippen molar-refractivity contribution in [3.63, 3.8) is 0 Å². The molecule has 17 heavy (non-hydrogen) atoms. The Labute approximate surface area is 103 Å². The van der Waals surface area contributed by atoms with Crippen LogP contribution >= 0.6 is 0 Å². The van der Waals surface area contributed by atoms with Crippen LogP contribution in [-0.4, -0.2) is 15.9 Å². The fraction of sp³-hybridized carbons (Fsp3) is 0.615. The Morgan fingerprint density at radius 1 is 1.35 bits per heavy atom. The minimum Gasteiger partial charge on any atom is -0.309 e. The molecule has 94 valence electrons. The number of nitrogens with zero attached hydrogens (tertiary/aromatic N) is 2. The van der Waals surface area contributed by atoms with E-state index in [9.17, 15) is 4.79 Å². The number of amides is 1. The van der Waals surface area contributed by atoms with Gasteiger partial charge in [-0.2, -0.15) is 0 Å². The van der Waals surface area contributed by atoms with Crippen molar-refractivity contribution in [3.8, 4) is 0 Å². The predicted molar refractivity (Wildman–Crippen MR) is 68.8 cm³/mol. The van der Waals surface area contributed by atoms with E-state index in [4.69, 9.17) is 0 Å². The van der Waals surface area contributed by atoms with Crippen molar-refractivity contribution in [1.29, 1.82) is 0 Å². The maximum Gasteiger partial charge on any atom is 0.230 e. The van der Waals surface area contributed by atoms with E-state index in [1.165, 1.54) is 0 Å². The van der Waals surface area contributed by atoms with Crippen LogP contribution in [0.4, 0.5) is 5.82 Å². The molecule has 4 heteroatoms. The van der Waals surface area contributed by atoms with Crippen molar-refractivity contribution < 1.29 is 4.79 Å². The van der Waals surface area contributed by atoms with Gasteiger partial charge in [0.25, 0.3) is 0 Å². The molecule has 1 aromatic heterocycles. The summed E-state index contributed by atoms with van der Waals surface area (Å²) in [4.78, 5) is 20.4. The largest absolute Gasteiger partial charge is 0.309 e. The van der Waals surface area contributed by atoms with Crippen molar-refractivity contribution >= 4 is 11.7 Å². The van der Waals surface area contributed by atoms with Gasteiger partial charge in [0.2, 0.25) is 5.91 Å². The Balaban J connectivity index is 2.95. The molecule has 1 rings (SSSR count). The Morgan fingerprint density at radius 2 is 1.94 bits per heavy atom. The van der Waals surface area contributed by atoms with E-state index in [0.29, 0.717) is 11.7 Å². The number of hydrogen-bond donors (Lipinski definition) is 1. The van der Waals surface area contributed by atoms with Gasteiger partial charge in [-0.1, -0.05) is 34.6 Å². The minimum atomic E-state index is -0.426. The van der Waals surface area contributed by atoms with E-state index < -0.39 is 5.41 Å². The highest BCUT2D eigenvalue weighted by molar-refractivity contribution is 5.94. The highest BCUT2D eigenvalue weighted by atomic mass is 16.2. The van der Waals surface area contributed by atoms with Crippen LogP contribution in [0.1, 0.15) is 52.7 Å². The van der Waals surface area contributed by atoms with Crippen molar-refractivity contribution in [2.24, 2.45) is 5.41 Å². The van der Waals surface area contributed by atoms with Crippen molar-refractivity contribution in [1.82, 2.24) is 9.97 Å². The van der Waals surface area contributed by atoms with Gasteiger partial charge in [0.1, 0.15) is 0 Å². The Bertz CT molecular complexity index is 396. The molecular weight excluding hydrogens is 214 g/mol. The third-order valence-electron chi connectivity index (χ3n) is 2.72. The van der Waals surface area contributed by atoms with Crippen LogP contribution < -0.4 is 5.32 Å². The molecule has 0 saturated carbocycles. The molecule has 4 nitrogen and oxygen atoms in total. The zero-order valence-corrected chi connectivity index (χ0v) is 11.2. The molecule has 1 N–H and O–H groups in total. The zero-order chi connectivity index (χ0) is 13.1. The van der Waals surface area contributed by atoms with Gasteiger partial charge in [0, 0.05) is 23.7 Å². The molecule has 1 amide bonds. The van der Waals surface area contributed by atoms with E-state index in [1.807, 2.05) is 20.8 Å². The monoisotopic (exact) mass is 235 g/mol. The first-order valence-electron chi connectivity index (χ1n) is 5.98. The average molecular weight is 235 g/mol. The molecule has 0 aliphatic rings. The summed E-state index contributed by atoms with van der Waals surface area (Å²) in [5, 5.41) is 2.85. The second kappa shape index (κ2) is 5.25. The molecular formula is C13H21N3O. The van der Waals surface area contributed by atoms with Crippen LogP contribution in [0.2, 0.25) is 0 Å². The maximum atomic E-state index is 11.9. The van der Waals surface area contributed by atoms with Gasteiger partial charge in [-0.25, -0.2) is 4.98 Å². The number of rotatable bonds is 3. The molecule has 0 saturated heterocycles. The number of nitrogens with one attached hydrogen (secondary N) is 1. The molecule has 0 aromatic carbocycles. The van der Waals surface area contributed by atoms with Crippen LogP contribution in [0, 0.1) is 5.41 Å². The summed E-state index contributed by atoms with van der Waals surface area (Å²) < 4.78 is 0. The molecule has 0 aliphatic carbocycles. The van der Waals surface area contributed by atoms with E-state index >= 15 is 0 Å². The van der Waals surface area contributed by atoms with Gasteiger partial charge < -0.3 is 5.32 Å². The summed E-state index contributed by atoms with van der Waals surface area (Å²) in [7, 11) is 0. The lowest BCUT2D eigenvalue weighted by atomic mass is 9.95. The van der Waals surface area contributed by atoms with Gasteiger partial charge in [0.15, 0.2) is 5.82 Å². The number of carbonyl (C=O) groups excluding carboxylic acids is 1. The lowest BCUT2D eigenvalue weighted by molar-refractivity contribution is -0.123. The molecule has 1 aromatic rings. The summed E-state index contributed by atoms with van der Waals surface area (Å²) in [6.07, 6.45) is 4.23. The summed E-state index contributed by atoms with van der Waals surface area (Å²) >= 11 is 0. The van der Waals surface area contributed by atoms with Crippen molar-refractivity contribution in [2.75, 3.05) is 5.32 Å². The Hall–Kier alpha value is -1.45. The van der Waals surface area contributed by atoms with Gasteiger partial charge in [0.05, 0.1) is 5.69 Å². The lowest BCUT2D eigenvalue weighted by Crippen LogP contribution is -2.28. The molecule has 0 spiro atoms. The molecule has 1 atom stereocenters. The number of anilines is 1. The number of hydrogen-bond acceptors (Lipinski definition) is 3. The molecule has 0 fully saturated rings. The molecule has 0 bridgehead atoms. The normalized spacial score (nSPS) is 13.2. The smallest absolute Gasteiger partial charge is 0.230 e. The predicted octanol–water partition coefficient (Wildman–Crippen LogP) is 2.97. The summed E-state index contributed by atoms with van der Waals surface area (Å²) in [5.74, 6) is 0.836. The maximum absolute atomic E-state index is 11.9. The third-order valence-corrected chi connectivity index (χ3v) is 2.72. The van der Waals surface area contributed by atoms with Crippen LogP contribution in [-0.2, 0) is 4.79 Å². The van der Waals surface area contributed by atoms with Gasteiger partial charge in [-0.3, -0.25) is 9.78 Å². The van der Waals surface area contributed by atoms with E-state index in [2.05, 4.69) is 29.1 Å². The Morgan fingerprint density at radius 3 is 2.47 bits per heavy atom. The zero-order valence-electron chi connectivity index (χ0n) is 11.2. The fourth-order valence-electron chi connectivity index (χ4n) is 1.29.